The summed E-state index contributed by atoms with van der Waals surface area (Å²) in [5.74, 6) is -0.322. The van der Waals surface area contributed by atoms with Crippen LogP contribution in [0.2, 0.25) is 0 Å². The van der Waals surface area contributed by atoms with E-state index in [4.69, 9.17) is 23.2 Å². The Kier molecular flexibility index (Phi) is 5.10. The maximum Gasteiger partial charge on any atom is 0.264 e. The molecule has 0 saturated carbocycles. The molecule has 0 aliphatic heterocycles. The first-order valence-electron chi connectivity index (χ1n) is 6.53. The standard InChI is InChI=1S/C16H15Cl2NO2/c1-2-11-8-9-13(10-14(11)20)19(16(21)15(17)18)12-6-4-3-5-7-12/h3-10,15,20H,2H2,1H3. The van der Waals surface area contributed by atoms with Crippen LogP contribution in [0, 0.1) is 0 Å². The minimum Gasteiger partial charge on any atom is -0.508 e. The van der Waals surface area contributed by atoms with E-state index < -0.39 is 10.7 Å². The van der Waals surface area contributed by atoms with Crippen molar-refractivity contribution in [1.82, 2.24) is 0 Å². The van der Waals surface area contributed by atoms with E-state index in [2.05, 4.69) is 0 Å². The molecule has 110 valence electrons. The van der Waals surface area contributed by atoms with Crippen LogP contribution in [0.3, 0.4) is 0 Å². The molecule has 0 unspecified atom stereocenters. The SMILES string of the molecule is CCc1ccc(N(C(=O)C(Cl)Cl)c2ccccc2)cc1O. The van der Waals surface area contributed by atoms with E-state index in [1.807, 2.05) is 25.1 Å². The lowest BCUT2D eigenvalue weighted by molar-refractivity contribution is -0.116. The molecule has 0 aliphatic rings. The lowest BCUT2D eigenvalue weighted by atomic mass is 10.1. The van der Waals surface area contributed by atoms with E-state index in [0.717, 1.165) is 5.56 Å². The molecule has 2 aromatic rings. The maximum absolute atomic E-state index is 12.3. The molecule has 2 rings (SSSR count). The average Bonchev–Trinajstić information content (AvgIpc) is 2.48. The molecule has 1 amide bonds. The summed E-state index contributed by atoms with van der Waals surface area (Å²) in [4.78, 5) is 12.5. The number of carbonyl (C=O) groups is 1. The van der Waals surface area contributed by atoms with Gasteiger partial charge in [-0.3, -0.25) is 9.69 Å². The van der Waals surface area contributed by atoms with Crippen LogP contribution in [-0.2, 0) is 11.2 Å². The molecule has 0 heterocycles. The van der Waals surface area contributed by atoms with Gasteiger partial charge in [-0.25, -0.2) is 0 Å². The van der Waals surface area contributed by atoms with E-state index in [-0.39, 0.29) is 5.75 Å². The zero-order chi connectivity index (χ0) is 15.4. The van der Waals surface area contributed by atoms with Crippen molar-refractivity contribution in [2.75, 3.05) is 4.90 Å². The lowest BCUT2D eigenvalue weighted by Gasteiger charge is -2.24. The number of amides is 1. The number of alkyl halides is 2. The summed E-state index contributed by atoms with van der Waals surface area (Å²) >= 11 is 11.5. The van der Waals surface area contributed by atoms with Gasteiger partial charge in [-0.2, -0.15) is 0 Å². The highest BCUT2D eigenvalue weighted by Crippen LogP contribution is 2.31. The van der Waals surface area contributed by atoms with Crippen molar-refractivity contribution in [3.8, 4) is 5.75 Å². The fourth-order valence-corrected chi connectivity index (χ4v) is 2.26. The van der Waals surface area contributed by atoms with Crippen LogP contribution in [0.15, 0.2) is 48.5 Å². The number of halogens is 2. The molecule has 5 heteroatoms. The number of anilines is 2. The van der Waals surface area contributed by atoms with Gasteiger partial charge in [0.15, 0.2) is 4.84 Å². The van der Waals surface area contributed by atoms with Crippen molar-refractivity contribution in [2.24, 2.45) is 0 Å². The first-order chi connectivity index (χ1) is 10.0. The summed E-state index contributed by atoms with van der Waals surface area (Å²) in [7, 11) is 0. The highest BCUT2D eigenvalue weighted by molar-refractivity contribution is 6.55. The number of benzene rings is 2. The number of phenolic OH excluding ortho intramolecular Hbond substituents is 1. The van der Waals surface area contributed by atoms with Crippen LogP contribution in [0.4, 0.5) is 11.4 Å². The molecule has 0 spiro atoms. The Morgan fingerprint density at radius 2 is 1.81 bits per heavy atom. The minimum atomic E-state index is -1.18. The molecule has 0 radical (unpaired) electrons. The molecule has 0 saturated heterocycles. The van der Waals surface area contributed by atoms with Gasteiger partial charge in [0.2, 0.25) is 0 Å². The Morgan fingerprint density at radius 3 is 2.33 bits per heavy atom. The molecule has 2 aromatic carbocycles. The monoisotopic (exact) mass is 323 g/mol. The number of nitrogens with zero attached hydrogens (tertiary/aromatic N) is 1. The largest absolute Gasteiger partial charge is 0.508 e. The first-order valence-corrected chi connectivity index (χ1v) is 7.41. The van der Waals surface area contributed by atoms with Gasteiger partial charge in [-0.05, 0) is 30.2 Å². The number of aryl methyl sites for hydroxylation is 1. The zero-order valence-corrected chi connectivity index (χ0v) is 13.0. The smallest absolute Gasteiger partial charge is 0.264 e. The molecule has 0 bridgehead atoms. The van der Waals surface area contributed by atoms with Gasteiger partial charge in [0.25, 0.3) is 5.91 Å². The Hall–Kier alpha value is -1.71. The number of carbonyl (C=O) groups excluding carboxylic acids is 1. The third kappa shape index (κ3) is 3.49. The number of para-hydroxylation sites is 1. The first kappa shape index (κ1) is 15.7. The third-order valence-corrected chi connectivity index (χ3v) is 3.50. The number of hydrogen-bond donors (Lipinski definition) is 1. The van der Waals surface area contributed by atoms with Gasteiger partial charge in [0, 0.05) is 11.8 Å². The molecule has 21 heavy (non-hydrogen) atoms. The van der Waals surface area contributed by atoms with Crippen LogP contribution in [0.25, 0.3) is 0 Å². The molecular weight excluding hydrogens is 309 g/mol. The second-order valence-electron chi connectivity index (χ2n) is 4.48. The number of rotatable bonds is 4. The van der Waals surface area contributed by atoms with Crippen molar-refractivity contribution in [3.63, 3.8) is 0 Å². The van der Waals surface area contributed by atoms with E-state index in [1.165, 1.54) is 4.90 Å². The highest BCUT2D eigenvalue weighted by Gasteiger charge is 2.24. The van der Waals surface area contributed by atoms with Gasteiger partial charge >= 0.3 is 0 Å². The minimum absolute atomic E-state index is 0.143. The van der Waals surface area contributed by atoms with Crippen molar-refractivity contribution in [2.45, 2.75) is 18.2 Å². The number of hydrogen-bond acceptors (Lipinski definition) is 2. The fourth-order valence-electron chi connectivity index (χ4n) is 2.07. The average molecular weight is 324 g/mol. The summed E-state index contributed by atoms with van der Waals surface area (Å²) in [6.07, 6.45) is 0.707. The molecule has 0 aliphatic carbocycles. The predicted molar refractivity (Wildman–Crippen MR) is 86.6 cm³/mol. The Bertz CT molecular complexity index is 629. The molecule has 3 nitrogen and oxygen atoms in total. The quantitative estimate of drug-likeness (QED) is 0.846. The van der Waals surface area contributed by atoms with Gasteiger partial charge in [-0.15, -0.1) is 0 Å². The van der Waals surface area contributed by atoms with Gasteiger partial charge in [0.05, 0.1) is 5.69 Å². The van der Waals surface area contributed by atoms with E-state index in [9.17, 15) is 9.90 Å². The molecule has 0 aromatic heterocycles. The normalized spacial score (nSPS) is 10.7. The van der Waals surface area contributed by atoms with Crippen LogP contribution < -0.4 is 4.90 Å². The summed E-state index contributed by atoms with van der Waals surface area (Å²) in [5, 5.41) is 10.0. The van der Waals surface area contributed by atoms with Crippen molar-refractivity contribution in [1.29, 1.82) is 0 Å². The maximum atomic E-state index is 12.3. The summed E-state index contributed by atoms with van der Waals surface area (Å²) < 4.78 is 0. The van der Waals surface area contributed by atoms with Crippen molar-refractivity contribution >= 4 is 40.5 Å². The van der Waals surface area contributed by atoms with E-state index in [1.54, 1.807) is 30.3 Å². The lowest BCUT2D eigenvalue weighted by Crippen LogP contribution is -2.30. The second-order valence-corrected chi connectivity index (χ2v) is 5.57. The van der Waals surface area contributed by atoms with Crippen molar-refractivity contribution in [3.05, 3.63) is 54.1 Å². The van der Waals surface area contributed by atoms with Gasteiger partial charge in [0.1, 0.15) is 5.75 Å². The number of aromatic hydroxyl groups is 1. The van der Waals surface area contributed by atoms with Crippen LogP contribution in [0.1, 0.15) is 12.5 Å². The molecular formula is C16H15Cl2NO2. The molecule has 1 N–H and O–H groups in total. The topological polar surface area (TPSA) is 40.5 Å². The highest BCUT2D eigenvalue weighted by atomic mass is 35.5. The third-order valence-electron chi connectivity index (χ3n) is 3.13. The summed E-state index contributed by atoms with van der Waals surface area (Å²) in [6, 6.07) is 14.1. The van der Waals surface area contributed by atoms with Crippen molar-refractivity contribution < 1.29 is 9.90 Å². The molecule has 0 atom stereocenters. The summed E-state index contributed by atoms with van der Waals surface area (Å²) in [6.45, 7) is 1.95. The van der Waals surface area contributed by atoms with Gasteiger partial charge < -0.3 is 5.11 Å². The Balaban J connectivity index is 2.50. The van der Waals surface area contributed by atoms with Gasteiger partial charge in [-0.1, -0.05) is 54.4 Å². The fraction of sp³-hybridized carbons (Fsp3) is 0.188. The van der Waals surface area contributed by atoms with E-state index >= 15 is 0 Å². The summed E-state index contributed by atoms with van der Waals surface area (Å²) in [5.41, 5.74) is 1.97. The number of phenols is 1. The Labute approximate surface area is 133 Å². The molecule has 0 fully saturated rings. The zero-order valence-electron chi connectivity index (χ0n) is 11.5. The van der Waals surface area contributed by atoms with Crippen LogP contribution in [-0.4, -0.2) is 15.8 Å². The van der Waals surface area contributed by atoms with E-state index in [0.29, 0.717) is 17.8 Å². The second kappa shape index (κ2) is 6.83. The predicted octanol–water partition coefficient (Wildman–Crippen LogP) is 4.42. The van der Waals surface area contributed by atoms with Crippen LogP contribution in [0.5, 0.6) is 5.75 Å². The Morgan fingerprint density at radius 1 is 1.14 bits per heavy atom. The van der Waals surface area contributed by atoms with Crippen LogP contribution >= 0.6 is 23.2 Å².